The Kier molecular flexibility index (Phi) is 1.83. The van der Waals surface area contributed by atoms with Gasteiger partial charge in [0, 0.05) is 17.8 Å². The van der Waals surface area contributed by atoms with Crippen LogP contribution in [0.2, 0.25) is 0 Å². The molecule has 9 heavy (non-hydrogen) atoms. The summed E-state index contributed by atoms with van der Waals surface area (Å²) in [5, 5.41) is 0. The smallest absolute Gasteiger partial charge is 0.0441 e. The fraction of sp³-hybridized carbons (Fsp3) is 0.250. The lowest BCUT2D eigenvalue weighted by Crippen LogP contribution is -1.85. The van der Waals surface area contributed by atoms with Gasteiger partial charge in [-0.25, -0.2) is 0 Å². The summed E-state index contributed by atoms with van der Waals surface area (Å²) in [5.74, 6) is 0. The molecule has 1 aromatic rings. The van der Waals surface area contributed by atoms with Gasteiger partial charge in [0.1, 0.15) is 0 Å². The molecule has 1 rings (SSSR count). The van der Waals surface area contributed by atoms with E-state index in [1.54, 1.807) is 0 Å². The Morgan fingerprint density at radius 3 is 2.67 bits per heavy atom. The van der Waals surface area contributed by atoms with Crippen LogP contribution in [0.3, 0.4) is 0 Å². The van der Waals surface area contributed by atoms with Gasteiger partial charge in [-0.2, -0.15) is 0 Å². The normalized spacial score (nSPS) is 9.56. The minimum atomic E-state index is 1.05. The summed E-state index contributed by atoms with van der Waals surface area (Å²) in [6.45, 7) is 3.98. The van der Waals surface area contributed by atoms with Crippen molar-refractivity contribution in [3.8, 4) is 0 Å². The summed E-state index contributed by atoms with van der Waals surface area (Å²) in [6.07, 6.45) is 1.99. The maximum Gasteiger partial charge on any atom is 0.0441 e. The molecular weight excluding hydrogens is 110 g/mol. The van der Waals surface area contributed by atoms with Crippen LogP contribution in [0.4, 0.5) is 0 Å². The van der Waals surface area contributed by atoms with Crippen LogP contribution in [-0.4, -0.2) is 4.98 Å². The number of aryl methyl sites for hydroxylation is 1. The number of pyridine rings is 1. The first kappa shape index (κ1) is 6.27. The Balaban J connectivity index is 2.94. The zero-order valence-corrected chi connectivity index (χ0v) is 5.76. The molecule has 0 aliphatic carbocycles. The first-order valence-corrected chi connectivity index (χ1v) is 3.06. The highest BCUT2D eigenvalue weighted by Gasteiger charge is 1.87. The number of rotatable bonds is 1. The number of aromatic nitrogens is 1. The van der Waals surface area contributed by atoms with Gasteiger partial charge in [0.25, 0.3) is 0 Å². The molecule has 0 spiro atoms. The summed E-state index contributed by atoms with van der Waals surface area (Å²) >= 11 is 0. The molecule has 0 N–H and O–H groups in total. The van der Waals surface area contributed by atoms with E-state index < -0.39 is 0 Å². The van der Waals surface area contributed by atoms with Gasteiger partial charge in [0.05, 0.1) is 0 Å². The molecule has 0 amide bonds. The van der Waals surface area contributed by atoms with E-state index in [1.165, 1.54) is 0 Å². The van der Waals surface area contributed by atoms with Gasteiger partial charge in [-0.15, -0.1) is 0 Å². The van der Waals surface area contributed by atoms with Crippen molar-refractivity contribution in [1.29, 1.82) is 0 Å². The SMILES string of the molecule is C[CH]c1cccc(C)n1. The predicted octanol–water partition coefficient (Wildman–Crippen LogP) is 1.96. The molecular formula is C8H10N. The van der Waals surface area contributed by atoms with Crippen LogP contribution in [0.25, 0.3) is 0 Å². The number of hydrogen-bond acceptors (Lipinski definition) is 1. The van der Waals surface area contributed by atoms with Gasteiger partial charge in [0.15, 0.2) is 0 Å². The van der Waals surface area contributed by atoms with Crippen LogP contribution in [0.15, 0.2) is 18.2 Å². The minimum absolute atomic E-state index is 1.05. The second-order valence-corrected chi connectivity index (χ2v) is 1.99. The largest absolute Gasteiger partial charge is 0.258 e. The van der Waals surface area contributed by atoms with E-state index >= 15 is 0 Å². The molecule has 1 heteroatoms. The van der Waals surface area contributed by atoms with Gasteiger partial charge in [0.2, 0.25) is 0 Å². The second-order valence-electron chi connectivity index (χ2n) is 1.99. The summed E-state index contributed by atoms with van der Waals surface area (Å²) in [7, 11) is 0. The molecule has 0 unspecified atom stereocenters. The third-order valence-corrected chi connectivity index (χ3v) is 1.21. The zero-order valence-electron chi connectivity index (χ0n) is 5.76. The van der Waals surface area contributed by atoms with E-state index in [4.69, 9.17) is 0 Å². The van der Waals surface area contributed by atoms with Gasteiger partial charge in [-0.3, -0.25) is 4.98 Å². The molecule has 0 aromatic carbocycles. The average molecular weight is 120 g/mol. The lowest BCUT2D eigenvalue weighted by atomic mass is 10.3. The summed E-state index contributed by atoms with van der Waals surface area (Å²) < 4.78 is 0. The maximum atomic E-state index is 4.24. The third kappa shape index (κ3) is 1.53. The highest BCUT2D eigenvalue weighted by atomic mass is 14.7. The van der Waals surface area contributed by atoms with Crippen molar-refractivity contribution in [2.24, 2.45) is 0 Å². The van der Waals surface area contributed by atoms with Gasteiger partial charge < -0.3 is 0 Å². The van der Waals surface area contributed by atoms with E-state index in [2.05, 4.69) is 4.98 Å². The van der Waals surface area contributed by atoms with Gasteiger partial charge in [-0.1, -0.05) is 13.0 Å². The Hall–Kier alpha value is -0.850. The minimum Gasteiger partial charge on any atom is -0.258 e. The predicted molar refractivity (Wildman–Crippen MR) is 38.1 cm³/mol. The van der Waals surface area contributed by atoms with E-state index in [-0.39, 0.29) is 0 Å². The Labute approximate surface area is 55.7 Å². The first-order valence-electron chi connectivity index (χ1n) is 3.06. The van der Waals surface area contributed by atoms with E-state index in [9.17, 15) is 0 Å². The van der Waals surface area contributed by atoms with Gasteiger partial charge >= 0.3 is 0 Å². The van der Waals surface area contributed by atoms with Crippen LogP contribution in [-0.2, 0) is 0 Å². The van der Waals surface area contributed by atoms with Crippen LogP contribution < -0.4 is 0 Å². The van der Waals surface area contributed by atoms with E-state index in [1.807, 2.05) is 38.5 Å². The molecule has 1 aromatic heterocycles. The number of hydrogen-bond donors (Lipinski definition) is 0. The molecule has 1 radical (unpaired) electrons. The molecule has 0 saturated carbocycles. The molecule has 0 aliphatic rings. The first-order chi connectivity index (χ1) is 4.33. The Bertz CT molecular complexity index is 194. The van der Waals surface area contributed by atoms with Crippen molar-refractivity contribution in [2.45, 2.75) is 13.8 Å². The quantitative estimate of drug-likeness (QED) is 0.552. The monoisotopic (exact) mass is 120 g/mol. The van der Waals surface area contributed by atoms with Crippen molar-refractivity contribution < 1.29 is 0 Å². The molecule has 47 valence electrons. The van der Waals surface area contributed by atoms with Gasteiger partial charge in [-0.05, 0) is 19.1 Å². The van der Waals surface area contributed by atoms with Crippen molar-refractivity contribution >= 4 is 0 Å². The molecule has 0 fully saturated rings. The molecule has 0 bridgehead atoms. The fourth-order valence-corrected chi connectivity index (χ4v) is 0.725. The highest BCUT2D eigenvalue weighted by molar-refractivity contribution is 5.15. The highest BCUT2D eigenvalue weighted by Crippen LogP contribution is 1.98. The second kappa shape index (κ2) is 2.62. The van der Waals surface area contributed by atoms with Crippen LogP contribution >= 0.6 is 0 Å². The standard InChI is InChI=1S/C8H10N/c1-3-8-6-4-5-7(2)9-8/h3-6H,1-2H3. The van der Waals surface area contributed by atoms with Crippen molar-refractivity contribution in [3.63, 3.8) is 0 Å². The van der Waals surface area contributed by atoms with Crippen LogP contribution in [0, 0.1) is 13.3 Å². The van der Waals surface area contributed by atoms with Crippen molar-refractivity contribution in [3.05, 3.63) is 36.0 Å². The molecule has 0 aliphatic heterocycles. The topological polar surface area (TPSA) is 12.9 Å². The summed E-state index contributed by atoms with van der Waals surface area (Å²) in [4.78, 5) is 4.24. The van der Waals surface area contributed by atoms with Crippen molar-refractivity contribution in [1.82, 2.24) is 4.98 Å². The summed E-state index contributed by atoms with van der Waals surface area (Å²) in [5.41, 5.74) is 2.13. The van der Waals surface area contributed by atoms with Crippen LogP contribution in [0.1, 0.15) is 18.3 Å². The summed E-state index contributed by atoms with van der Waals surface area (Å²) in [6, 6.07) is 6.00. The molecule has 0 atom stereocenters. The van der Waals surface area contributed by atoms with E-state index in [0.29, 0.717) is 0 Å². The Morgan fingerprint density at radius 1 is 1.44 bits per heavy atom. The average Bonchev–Trinajstić information content (AvgIpc) is 1.88. The zero-order chi connectivity index (χ0) is 6.69. The maximum absolute atomic E-state index is 4.24. The fourth-order valence-electron chi connectivity index (χ4n) is 0.725. The lowest BCUT2D eigenvalue weighted by molar-refractivity contribution is 1.13. The lowest BCUT2D eigenvalue weighted by Gasteiger charge is -1.94. The molecule has 1 nitrogen and oxygen atoms in total. The Morgan fingerprint density at radius 2 is 2.22 bits per heavy atom. The third-order valence-electron chi connectivity index (χ3n) is 1.21. The van der Waals surface area contributed by atoms with Crippen LogP contribution in [0.5, 0.6) is 0 Å². The molecule has 1 heterocycles. The van der Waals surface area contributed by atoms with E-state index in [0.717, 1.165) is 11.4 Å². The van der Waals surface area contributed by atoms with Crippen molar-refractivity contribution in [2.75, 3.05) is 0 Å². The molecule has 0 saturated heterocycles. The number of nitrogens with zero attached hydrogens (tertiary/aromatic N) is 1.